The number of aliphatic hydroxyl groups is 1. The van der Waals surface area contributed by atoms with Crippen LogP contribution in [0.3, 0.4) is 0 Å². The van der Waals surface area contributed by atoms with Crippen molar-refractivity contribution in [1.82, 2.24) is 5.32 Å². The first-order valence-electron chi connectivity index (χ1n) is 7.18. The van der Waals surface area contributed by atoms with Crippen LogP contribution < -0.4 is 11.1 Å². The number of benzene rings is 1. The average Bonchev–Trinajstić information content (AvgIpc) is 3.00. The molecule has 0 aromatic heterocycles. The molecule has 0 bridgehead atoms. The predicted molar refractivity (Wildman–Crippen MR) is 90.1 cm³/mol. The predicted octanol–water partition coefficient (Wildman–Crippen LogP) is 1.22. The van der Waals surface area contributed by atoms with Crippen LogP contribution in [0.1, 0.15) is 25.0 Å². The molecule has 1 aliphatic rings. The number of aliphatic imine (C=N–C) groups is 1. The van der Waals surface area contributed by atoms with Crippen LogP contribution >= 0.6 is 11.8 Å². The number of rotatable bonds is 6. The van der Waals surface area contributed by atoms with Crippen molar-refractivity contribution in [1.29, 1.82) is 0 Å². The van der Waals surface area contributed by atoms with E-state index in [9.17, 15) is 9.90 Å². The largest absolute Gasteiger partial charge is 0.480 e. The first kappa shape index (κ1) is 18.5. The van der Waals surface area contributed by atoms with E-state index in [0.717, 1.165) is 23.9 Å². The molecular weight excluding hydrogens is 302 g/mol. The van der Waals surface area contributed by atoms with Crippen LogP contribution in [-0.4, -0.2) is 46.2 Å². The van der Waals surface area contributed by atoms with Gasteiger partial charge in [-0.3, -0.25) is 9.79 Å². The summed E-state index contributed by atoms with van der Waals surface area (Å²) in [6.07, 6.45) is -0.198. The van der Waals surface area contributed by atoms with Gasteiger partial charge in [-0.15, -0.1) is 0 Å². The van der Waals surface area contributed by atoms with E-state index in [1.54, 1.807) is 36.0 Å². The molecule has 0 fully saturated rings. The van der Waals surface area contributed by atoms with Crippen molar-refractivity contribution in [2.75, 3.05) is 18.8 Å². The van der Waals surface area contributed by atoms with Gasteiger partial charge in [0.1, 0.15) is 12.1 Å². The summed E-state index contributed by atoms with van der Waals surface area (Å²) in [6, 6.07) is 7.85. The number of aliphatic carboxylic acids is 1. The van der Waals surface area contributed by atoms with Crippen LogP contribution in [0.4, 0.5) is 0 Å². The molecule has 2 atom stereocenters. The zero-order valence-corrected chi connectivity index (χ0v) is 13.4. The highest BCUT2D eigenvalue weighted by atomic mass is 32.2. The highest BCUT2D eigenvalue weighted by molar-refractivity contribution is 8.14. The fourth-order valence-corrected chi connectivity index (χ4v) is 2.40. The molecular formula is C15H23N3O3S. The fraction of sp³-hybridized carbons (Fsp3) is 0.467. The first-order chi connectivity index (χ1) is 10.6. The third kappa shape index (κ3) is 6.46. The number of carbonyl (C=O) groups is 1. The SMILES string of the molecule is CCCNC(C(=O)O)C(O)c1ccccc1.NC1=NCCS1. The summed E-state index contributed by atoms with van der Waals surface area (Å²) in [5.74, 6) is 0.0380. The molecule has 0 saturated carbocycles. The molecule has 1 aromatic carbocycles. The zero-order valence-electron chi connectivity index (χ0n) is 12.6. The van der Waals surface area contributed by atoms with Crippen LogP contribution in [0.25, 0.3) is 0 Å². The van der Waals surface area contributed by atoms with Crippen molar-refractivity contribution in [2.24, 2.45) is 10.7 Å². The highest BCUT2D eigenvalue weighted by Gasteiger charge is 2.26. The van der Waals surface area contributed by atoms with Gasteiger partial charge in [0.2, 0.25) is 0 Å². The lowest BCUT2D eigenvalue weighted by molar-refractivity contribution is -0.142. The maximum atomic E-state index is 11.0. The van der Waals surface area contributed by atoms with E-state index >= 15 is 0 Å². The van der Waals surface area contributed by atoms with E-state index in [0.29, 0.717) is 12.1 Å². The molecule has 0 saturated heterocycles. The standard InChI is InChI=1S/C12H17NO3.C3H6N2S/c1-2-8-13-10(12(15)16)11(14)9-6-4-3-5-7-9;4-3-5-1-2-6-3/h3-7,10-11,13-14H,2,8H2,1H3,(H,15,16);1-2H2,(H2,4,5). The Labute approximate surface area is 134 Å². The van der Waals surface area contributed by atoms with Gasteiger partial charge < -0.3 is 21.3 Å². The Bertz CT molecular complexity index is 482. The van der Waals surface area contributed by atoms with Gasteiger partial charge in [-0.25, -0.2) is 0 Å². The number of hydrogen-bond donors (Lipinski definition) is 4. The Morgan fingerprint density at radius 3 is 2.55 bits per heavy atom. The van der Waals surface area contributed by atoms with Crippen molar-refractivity contribution in [2.45, 2.75) is 25.5 Å². The Balaban J connectivity index is 0.000000335. The van der Waals surface area contributed by atoms with Crippen molar-refractivity contribution >= 4 is 22.9 Å². The molecule has 7 heteroatoms. The summed E-state index contributed by atoms with van der Waals surface area (Å²) in [5.41, 5.74) is 5.86. The van der Waals surface area contributed by atoms with Crippen LogP contribution in [0.15, 0.2) is 35.3 Å². The summed E-state index contributed by atoms with van der Waals surface area (Å²) in [7, 11) is 0. The molecule has 6 nitrogen and oxygen atoms in total. The van der Waals surface area contributed by atoms with Gasteiger partial charge in [0, 0.05) is 5.75 Å². The quantitative estimate of drug-likeness (QED) is 0.626. The molecule has 0 aliphatic carbocycles. The lowest BCUT2D eigenvalue weighted by Crippen LogP contribution is -2.42. The van der Waals surface area contributed by atoms with Crippen molar-refractivity contribution in [3.63, 3.8) is 0 Å². The molecule has 0 spiro atoms. The number of carboxylic acids is 1. The summed E-state index contributed by atoms with van der Waals surface area (Å²) < 4.78 is 0. The van der Waals surface area contributed by atoms with E-state index in [2.05, 4.69) is 10.3 Å². The van der Waals surface area contributed by atoms with E-state index in [1.165, 1.54) is 0 Å². The van der Waals surface area contributed by atoms with E-state index in [4.69, 9.17) is 10.8 Å². The van der Waals surface area contributed by atoms with Gasteiger partial charge in [-0.1, -0.05) is 49.0 Å². The van der Waals surface area contributed by atoms with Crippen molar-refractivity contribution < 1.29 is 15.0 Å². The number of hydrogen-bond acceptors (Lipinski definition) is 6. The van der Waals surface area contributed by atoms with Gasteiger partial charge in [0.15, 0.2) is 5.17 Å². The third-order valence-electron chi connectivity index (χ3n) is 2.95. The highest BCUT2D eigenvalue weighted by Crippen LogP contribution is 2.16. The molecule has 1 aliphatic heterocycles. The Kier molecular flexibility index (Phi) is 8.57. The minimum atomic E-state index is -1.04. The van der Waals surface area contributed by atoms with Crippen molar-refractivity contribution in [3.05, 3.63) is 35.9 Å². The van der Waals surface area contributed by atoms with E-state index in [1.807, 2.05) is 13.0 Å². The number of carboxylic acid groups (broad SMARTS) is 1. The van der Waals surface area contributed by atoms with Crippen LogP contribution in [0, 0.1) is 0 Å². The zero-order chi connectivity index (χ0) is 16.4. The molecule has 122 valence electrons. The number of nitrogens with zero attached hydrogens (tertiary/aromatic N) is 1. The maximum Gasteiger partial charge on any atom is 0.323 e. The first-order valence-corrected chi connectivity index (χ1v) is 8.16. The monoisotopic (exact) mass is 325 g/mol. The van der Waals surface area contributed by atoms with Gasteiger partial charge >= 0.3 is 5.97 Å². The number of nitrogens with two attached hydrogens (primary N) is 1. The normalized spacial score (nSPS) is 16.2. The molecule has 2 rings (SSSR count). The third-order valence-corrected chi connectivity index (χ3v) is 3.76. The molecule has 5 N–H and O–H groups in total. The summed E-state index contributed by atoms with van der Waals surface area (Å²) >= 11 is 1.62. The second-order valence-electron chi connectivity index (χ2n) is 4.69. The minimum absolute atomic E-state index is 0.570. The second kappa shape index (κ2) is 10.2. The lowest BCUT2D eigenvalue weighted by Gasteiger charge is -2.20. The number of nitrogens with one attached hydrogen (secondary N) is 1. The second-order valence-corrected chi connectivity index (χ2v) is 5.81. The van der Waals surface area contributed by atoms with Gasteiger partial charge in [-0.2, -0.15) is 0 Å². The molecule has 1 heterocycles. The molecule has 2 unspecified atom stereocenters. The number of amidine groups is 1. The van der Waals surface area contributed by atoms with E-state index < -0.39 is 18.1 Å². The number of thioether (sulfide) groups is 1. The molecule has 1 aromatic rings. The van der Waals surface area contributed by atoms with Gasteiger partial charge in [-0.05, 0) is 18.5 Å². The Morgan fingerprint density at radius 1 is 1.45 bits per heavy atom. The molecule has 22 heavy (non-hydrogen) atoms. The smallest absolute Gasteiger partial charge is 0.323 e. The summed E-state index contributed by atoms with van der Waals surface area (Å²) in [4.78, 5) is 14.9. The molecule has 0 radical (unpaired) electrons. The minimum Gasteiger partial charge on any atom is -0.480 e. The van der Waals surface area contributed by atoms with Gasteiger partial charge in [0.25, 0.3) is 0 Å². The summed E-state index contributed by atoms with van der Waals surface area (Å²) in [5, 5.41) is 22.5. The average molecular weight is 325 g/mol. The lowest BCUT2D eigenvalue weighted by atomic mass is 10.0. The number of aliphatic hydroxyl groups excluding tert-OH is 1. The topological polar surface area (TPSA) is 108 Å². The van der Waals surface area contributed by atoms with Gasteiger partial charge in [0.05, 0.1) is 6.54 Å². The Morgan fingerprint density at radius 2 is 2.14 bits per heavy atom. The van der Waals surface area contributed by atoms with Crippen molar-refractivity contribution in [3.8, 4) is 0 Å². The van der Waals surface area contributed by atoms with Crippen LogP contribution in [-0.2, 0) is 4.79 Å². The fourth-order valence-electron chi connectivity index (χ4n) is 1.83. The van der Waals surface area contributed by atoms with Crippen LogP contribution in [0.5, 0.6) is 0 Å². The Hall–Kier alpha value is -1.57. The summed E-state index contributed by atoms with van der Waals surface area (Å²) in [6.45, 7) is 3.43. The maximum absolute atomic E-state index is 11.0. The van der Waals surface area contributed by atoms with Crippen LogP contribution in [0.2, 0.25) is 0 Å². The van der Waals surface area contributed by atoms with E-state index in [-0.39, 0.29) is 0 Å². The molecule has 0 amide bonds.